The van der Waals surface area contributed by atoms with Gasteiger partial charge in [-0.05, 0) is 19.1 Å². The van der Waals surface area contributed by atoms with Crippen LogP contribution in [0.4, 0.5) is 18.9 Å². The Morgan fingerprint density at radius 1 is 1.26 bits per heavy atom. The standard InChI is InChI=1S/C15H19ClF3N3O/c1-11(14(23)20-10-15(17,18)19)21-6-8-22(9-7-21)13-5-3-2-4-12(13)16/h2-5,11H,6-10H2,1H3,(H,20,23). The number of para-hydroxylation sites is 1. The average molecular weight is 350 g/mol. The molecule has 8 heteroatoms. The third-order valence-corrected chi connectivity index (χ3v) is 4.22. The van der Waals surface area contributed by atoms with Gasteiger partial charge in [0.05, 0.1) is 16.8 Å². The normalized spacial score (nSPS) is 17.9. The fourth-order valence-corrected chi connectivity index (χ4v) is 2.81. The number of nitrogens with zero attached hydrogens (tertiary/aromatic N) is 2. The molecule has 1 unspecified atom stereocenters. The molecule has 1 amide bonds. The van der Waals surface area contributed by atoms with Crippen LogP contribution < -0.4 is 10.2 Å². The summed E-state index contributed by atoms with van der Waals surface area (Å²) in [6, 6.07) is 6.91. The molecule has 0 spiro atoms. The first-order chi connectivity index (χ1) is 10.8. The van der Waals surface area contributed by atoms with Gasteiger partial charge in [-0.2, -0.15) is 13.2 Å². The number of piperazine rings is 1. The molecule has 2 rings (SSSR count). The molecule has 0 bridgehead atoms. The van der Waals surface area contributed by atoms with Crippen LogP contribution in [0, 0.1) is 0 Å². The summed E-state index contributed by atoms with van der Waals surface area (Å²) < 4.78 is 36.5. The molecule has 128 valence electrons. The minimum absolute atomic E-state index is 0.589. The molecule has 1 saturated heterocycles. The number of carbonyl (C=O) groups excluding carboxylic acids is 1. The van der Waals surface area contributed by atoms with Crippen LogP contribution in [0.25, 0.3) is 0 Å². The van der Waals surface area contributed by atoms with E-state index in [0.29, 0.717) is 31.2 Å². The molecule has 0 radical (unpaired) electrons. The zero-order valence-electron chi connectivity index (χ0n) is 12.7. The first-order valence-electron chi connectivity index (χ1n) is 7.36. The molecule has 1 aromatic carbocycles. The van der Waals surface area contributed by atoms with Gasteiger partial charge in [-0.25, -0.2) is 0 Å². The number of hydrogen-bond acceptors (Lipinski definition) is 3. The number of nitrogens with one attached hydrogen (secondary N) is 1. The number of benzene rings is 1. The Balaban J connectivity index is 1.86. The maximum absolute atomic E-state index is 12.2. The molecule has 1 aromatic rings. The monoisotopic (exact) mass is 349 g/mol. The Morgan fingerprint density at radius 3 is 2.43 bits per heavy atom. The molecule has 1 fully saturated rings. The predicted octanol–water partition coefficient (Wildman–Crippen LogP) is 2.53. The van der Waals surface area contributed by atoms with Crippen molar-refractivity contribution >= 4 is 23.2 Å². The van der Waals surface area contributed by atoms with Crippen LogP contribution in [0.3, 0.4) is 0 Å². The maximum Gasteiger partial charge on any atom is 0.405 e. The van der Waals surface area contributed by atoms with E-state index in [4.69, 9.17) is 11.6 Å². The van der Waals surface area contributed by atoms with Crippen LogP contribution in [0.5, 0.6) is 0 Å². The predicted molar refractivity (Wildman–Crippen MR) is 83.8 cm³/mol. The van der Waals surface area contributed by atoms with Gasteiger partial charge in [0.15, 0.2) is 0 Å². The number of anilines is 1. The number of alkyl halides is 3. The molecule has 0 aromatic heterocycles. The van der Waals surface area contributed by atoms with Crippen molar-refractivity contribution in [3.8, 4) is 0 Å². The van der Waals surface area contributed by atoms with E-state index in [1.165, 1.54) is 0 Å². The van der Waals surface area contributed by atoms with Crippen LogP contribution in [0.15, 0.2) is 24.3 Å². The molecule has 1 N–H and O–H groups in total. The second kappa shape index (κ2) is 7.40. The van der Waals surface area contributed by atoms with Crippen LogP contribution in [-0.4, -0.2) is 55.7 Å². The van der Waals surface area contributed by atoms with Gasteiger partial charge in [0.1, 0.15) is 6.54 Å². The summed E-state index contributed by atoms with van der Waals surface area (Å²) in [5.41, 5.74) is 0.933. The number of halogens is 4. The maximum atomic E-state index is 12.2. The molecular weight excluding hydrogens is 331 g/mol. The van der Waals surface area contributed by atoms with Gasteiger partial charge in [-0.1, -0.05) is 23.7 Å². The summed E-state index contributed by atoms with van der Waals surface area (Å²) in [6.07, 6.45) is -4.39. The number of rotatable bonds is 4. The highest BCUT2D eigenvalue weighted by Gasteiger charge is 2.31. The minimum Gasteiger partial charge on any atom is -0.368 e. The molecule has 23 heavy (non-hydrogen) atoms. The highest BCUT2D eigenvalue weighted by Crippen LogP contribution is 2.26. The van der Waals surface area contributed by atoms with Gasteiger partial charge in [0.25, 0.3) is 0 Å². The highest BCUT2D eigenvalue weighted by atomic mass is 35.5. The van der Waals surface area contributed by atoms with E-state index in [1.54, 1.807) is 6.92 Å². The Morgan fingerprint density at radius 2 is 1.87 bits per heavy atom. The van der Waals surface area contributed by atoms with E-state index >= 15 is 0 Å². The van der Waals surface area contributed by atoms with Gasteiger partial charge in [0, 0.05) is 26.2 Å². The number of carbonyl (C=O) groups is 1. The molecular formula is C15H19ClF3N3O. The zero-order valence-corrected chi connectivity index (χ0v) is 13.5. The topological polar surface area (TPSA) is 35.6 Å². The summed E-state index contributed by atoms with van der Waals surface area (Å²) in [6.45, 7) is 2.84. The van der Waals surface area contributed by atoms with Gasteiger partial charge < -0.3 is 10.2 Å². The van der Waals surface area contributed by atoms with Crippen LogP contribution in [0.1, 0.15) is 6.92 Å². The van der Waals surface area contributed by atoms with Crippen molar-refractivity contribution in [3.63, 3.8) is 0 Å². The lowest BCUT2D eigenvalue weighted by molar-refractivity contribution is -0.141. The summed E-state index contributed by atoms with van der Waals surface area (Å²) in [7, 11) is 0. The van der Waals surface area contributed by atoms with E-state index in [9.17, 15) is 18.0 Å². The van der Waals surface area contributed by atoms with E-state index in [2.05, 4.69) is 4.90 Å². The Labute approximate surface area is 138 Å². The van der Waals surface area contributed by atoms with Crippen molar-refractivity contribution in [2.45, 2.75) is 19.1 Å². The lowest BCUT2D eigenvalue weighted by Gasteiger charge is -2.38. The Bertz CT molecular complexity index is 545. The minimum atomic E-state index is -4.39. The van der Waals surface area contributed by atoms with E-state index in [-0.39, 0.29) is 0 Å². The third kappa shape index (κ3) is 5.00. The zero-order chi connectivity index (χ0) is 17.0. The largest absolute Gasteiger partial charge is 0.405 e. The molecule has 1 aliphatic rings. The van der Waals surface area contributed by atoms with Gasteiger partial charge in [0.2, 0.25) is 5.91 Å². The SMILES string of the molecule is CC(C(=O)NCC(F)(F)F)N1CCN(c2ccccc2Cl)CC1. The van der Waals surface area contributed by atoms with E-state index < -0.39 is 24.7 Å². The van der Waals surface area contributed by atoms with Crippen molar-refractivity contribution in [1.29, 1.82) is 0 Å². The van der Waals surface area contributed by atoms with E-state index in [1.807, 2.05) is 34.5 Å². The van der Waals surface area contributed by atoms with Crippen molar-refractivity contribution in [2.24, 2.45) is 0 Å². The number of amides is 1. The van der Waals surface area contributed by atoms with Crippen molar-refractivity contribution in [3.05, 3.63) is 29.3 Å². The number of hydrogen-bond donors (Lipinski definition) is 1. The highest BCUT2D eigenvalue weighted by molar-refractivity contribution is 6.33. The molecule has 0 aliphatic carbocycles. The lowest BCUT2D eigenvalue weighted by atomic mass is 10.2. The molecule has 4 nitrogen and oxygen atoms in total. The Hall–Kier alpha value is -1.47. The fourth-order valence-electron chi connectivity index (χ4n) is 2.56. The van der Waals surface area contributed by atoms with Crippen LogP contribution >= 0.6 is 11.6 Å². The molecule has 0 saturated carbocycles. The molecule has 1 heterocycles. The van der Waals surface area contributed by atoms with Gasteiger partial charge in [-0.3, -0.25) is 9.69 Å². The summed E-state index contributed by atoms with van der Waals surface area (Å²) in [5, 5.41) is 2.60. The van der Waals surface area contributed by atoms with Crippen molar-refractivity contribution in [1.82, 2.24) is 10.2 Å². The van der Waals surface area contributed by atoms with Crippen molar-refractivity contribution < 1.29 is 18.0 Å². The second-order valence-corrected chi connectivity index (χ2v) is 5.89. The molecule has 1 aliphatic heterocycles. The van der Waals surface area contributed by atoms with Gasteiger partial charge >= 0.3 is 6.18 Å². The first-order valence-corrected chi connectivity index (χ1v) is 7.74. The lowest BCUT2D eigenvalue weighted by Crippen LogP contribution is -2.54. The first kappa shape index (κ1) is 17.9. The summed E-state index contributed by atoms with van der Waals surface area (Å²) in [4.78, 5) is 15.8. The summed E-state index contributed by atoms with van der Waals surface area (Å²) >= 11 is 6.16. The Kier molecular flexibility index (Phi) is 5.75. The van der Waals surface area contributed by atoms with Crippen LogP contribution in [0.2, 0.25) is 5.02 Å². The van der Waals surface area contributed by atoms with Crippen molar-refractivity contribution in [2.75, 3.05) is 37.6 Å². The van der Waals surface area contributed by atoms with E-state index in [0.717, 1.165) is 5.69 Å². The smallest absolute Gasteiger partial charge is 0.368 e. The average Bonchev–Trinajstić information content (AvgIpc) is 2.52. The summed E-state index contributed by atoms with van der Waals surface area (Å²) in [5.74, 6) is -0.603. The fraction of sp³-hybridized carbons (Fsp3) is 0.533. The second-order valence-electron chi connectivity index (χ2n) is 5.48. The quantitative estimate of drug-likeness (QED) is 0.907. The molecule has 1 atom stereocenters. The third-order valence-electron chi connectivity index (χ3n) is 3.90. The van der Waals surface area contributed by atoms with Crippen LogP contribution in [-0.2, 0) is 4.79 Å². The van der Waals surface area contributed by atoms with Gasteiger partial charge in [-0.15, -0.1) is 0 Å².